The first-order valence-corrected chi connectivity index (χ1v) is 14.8. The second-order valence-electron chi connectivity index (χ2n) is 10.9. The highest BCUT2D eigenvalue weighted by Crippen LogP contribution is 2.46. The highest BCUT2D eigenvalue weighted by Gasteiger charge is 2.19. The van der Waals surface area contributed by atoms with Crippen LogP contribution in [-0.2, 0) is 6.42 Å². The zero-order chi connectivity index (χ0) is 28.8. The van der Waals surface area contributed by atoms with E-state index in [9.17, 15) is 0 Å². The molecule has 8 rings (SSSR count). The van der Waals surface area contributed by atoms with Crippen molar-refractivity contribution in [3.63, 3.8) is 0 Å². The molecule has 3 heteroatoms. The highest BCUT2D eigenvalue weighted by molar-refractivity contribution is 6.22. The number of para-hydroxylation sites is 2. The van der Waals surface area contributed by atoms with Gasteiger partial charge in [0.2, 0.25) is 0 Å². The molecule has 43 heavy (non-hydrogen) atoms. The van der Waals surface area contributed by atoms with Gasteiger partial charge >= 0.3 is 0 Å². The van der Waals surface area contributed by atoms with Crippen LogP contribution in [0.5, 0.6) is 0 Å². The third-order valence-electron chi connectivity index (χ3n) is 8.48. The molecule has 0 aliphatic carbocycles. The average molecular weight is 552 g/mol. The number of benzene rings is 6. The summed E-state index contributed by atoms with van der Waals surface area (Å²) >= 11 is 0. The van der Waals surface area contributed by atoms with Gasteiger partial charge in [-0.3, -0.25) is 9.55 Å². The van der Waals surface area contributed by atoms with E-state index in [-0.39, 0.29) is 0 Å². The molecule has 0 saturated heterocycles. The van der Waals surface area contributed by atoms with Gasteiger partial charge in [-0.05, 0) is 91.3 Å². The van der Waals surface area contributed by atoms with Gasteiger partial charge in [-0.2, -0.15) is 0 Å². The lowest BCUT2D eigenvalue weighted by Crippen LogP contribution is -2.00. The average Bonchev–Trinajstić information content (AvgIpc) is 3.46. The molecule has 0 aliphatic rings. The van der Waals surface area contributed by atoms with Crippen LogP contribution in [-0.4, -0.2) is 14.5 Å². The largest absolute Gasteiger partial charge is 0.296 e. The molecule has 0 aliphatic heterocycles. The molecule has 2 heterocycles. The molecule has 0 fully saturated rings. The topological polar surface area (TPSA) is 30.7 Å². The number of fused-ring (bicyclic) bond motifs is 3. The number of nitrogens with zero attached hydrogens (tertiary/aromatic N) is 3. The van der Waals surface area contributed by atoms with Gasteiger partial charge in [0.25, 0.3) is 0 Å². The second-order valence-corrected chi connectivity index (χ2v) is 10.9. The molecule has 0 amide bonds. The maximum Gasteiger partial charge on any atom is 0.114 e. The Balaban J connectivity index is 1.37. The first kappa shape index (κ1) is 25.2. The van der Waals surface area contributed by atoms with E-state index in [0.29, 0.717) is 0 Å². The molecule has 6 aromatic carbocycles. The van der Waals surface area contributed by atoms with E-state index in [1.165, 1.54) is 49.4 Å². The minimum Gasteiger partial charge on any atom is -0.296 e. The van der Waals surface area contributed by atoms with E-state index >= 15 is 0 Å². The van der Waals surface area contributed by atoms with Crippen molar-refractivity contribution in [3.05, 3.63) is 152 Å². The minimum absolute atomic E-state index is 0.869. The quantitative estimate of drug-likeness (QED) is 0.199. The van der Waals surface area contributed by atoms with Gasteiger partial charge in [-0.15, -0.1) is 0 Å². The monoisotopic (exact) mass is 551 g/mol. The van der Waals surface area contributed by atoms with E-state index in [0.717, 1.165) is 34.5 Å². The number of hydrogen-bond acceptors (Lipinski definition) is 2. The van der Waals surface area contributed by atoms with E-state index in [4.69, 9.17) is 4.98 Å². The molecule has 0 spiro atoms. The Morgan fingerprint density at radius 2 is 1.07 bits per heavy atom. The molecular formula is C40H29N3. The molecule has 8 aromatic rings. The van der Waals surface area contributed by atoms with Crippen molar-refractivity contribution in [2.75, 3.05) is 0 Å². The second kappa shape index (κ2) is 10.4. The molecule has 0 bridgehead atoms. The Bertz CT molecular complexity index is 2200. The van der Waals surface area contributed by atoms with Crippen molar-refractivity contribution in [2.24, 2.45) is 0 Å². The Kier molecular flexibility index (Phi) is 6.08. The summed E-state index contributed by atoms with van der Waals surface area (Å²) in [5, 5.41) is 4.98. The highest BCUT2D eigenvalue weighted by atomic mass is 15.1. The predicted octanol–water partition coefficient (Wildman–Crippen LogP) is 10.3. The summed E-state index contributed by atoms with van der Waals surface area (Å²) in [6.07, 6.45) is 4.60. The van der Waals surface area contributed by atoms with E-state index < -0.39 is 0 Å². The molecule has 0 saturated carbocycles. The van der Waals surface area contributed by atoms with Crippen molar-refractivity contribution in [3.8, 4) is 39.1 Å². The first-order valence-electron chi connectivity index (χ1n) is 14.8. The fourth-order valence-electron chi connectivity index (χ4n) is 6.59. The Morgan fingerprint density at radius 3 is 1.72 bits per heavy atom. The number of hydrogen-bond donors (Lipinski definition) is 0. The van der Waals surface area contributed by atoms with Crippen LogP contribution in [0.3, 0.4) is 0 Å². The number of pyridine rings is 1. The molecule has 0 atom stereocenters. The third-order valence-corrected chi connectivity index (χ3v) is 8.48. The van der Waals surface area contributed by atoms with Crippen LogP contribution in [0.2, 0.25) is 0 Å². The smallest absolute Gasteiger partial charge is 0.114 e. The number of rotatable bonds is 5. The third kappa shape index (κ3) is 4.12. The van der Waals surface area contributed by atoms with Crippen LogP contribution in [0.15, 0.2) is 146 Å². The lowest BCUT2D eigenvalue weighted by Gasteiger charge is -2.20. The Labute approximate surface area is 250 Å². The molecular weight excluding hydrogens is 522 g/mol. The summed E-state index contributed by atoms with van der Waals surface area (Å²) in [5.41, 5.74) is 10.6. The van der Waals surface area contributed by atoms with Crippen LogP contribution in [0.1, 0.15) is 12.7 Å². The maximum absolute atomic E-state index is 4.90. The van der Waals surface area contributed by atoms with Gasteiger partial charge in [0.1, 0.15) is 5.82 Å². The van der Waals surface area contributed by atoms with Crippen molar-refractivity contribution >= 4 is 32.6 Å². The zero-order valence-corrected chi connectivity index (χ0v) is 23.9. The van der Waals surface area contributed by atoms with Crippen LogP contribution in [0.25, 0.3) is 71.6 Å². The van der Waals surface area contributed by atoms with Gasteiger partial charge < -0.3 is 0 Å². The molecule has 0 N–H and O–H groups in total. The van der Waals surface area contributed by atoms with E-state index in [2.05, 4.69) is 150 Å². The van der Waals surface area contributed by atoms with Gasteiger partial charge in [-0.1, -0.05) is 104 Å². The predicted molar refractivity (Wildman–Crippen MR) is 180 cm³/mol. The van der Waals surface area contributed by atoms with Gasteiger partial charge in [0.05, 0.1) is 11.0 Å². The minimum atomic E-state index is 0.869. The Morgan fingerprint density at radius 1 is 0.512 bits per heavy atom. The summed E-state index contributed by atoms with van der Waals surface area (Å²) in [4.78, 5) is 9.16. The van der Waals surface area contributed by atoms with Crippen molar-refractivity contribution in [1.82, 2.24) is 14.5 Å². The normalized spacial score (nSPS) is 11.5. The molecule has 3 nitrogen and oxygen atoms in total. The number of imidazole rings is 1. The van der Waals surface area contributed by atoms with Gasteiger partial charge in [0.15, 0.2) is 0 Å². The van der Waals surface area contributed by atoms with Crippen LogP contribution >= 0.6 is 0 Å². The zero-order valence-electron chi connectivity index (χ0n) is 23.9. The fraction of sp³-hybridized carbons (Fsp3) is 0.0500. The molecule has 2 aromatic heterocycles. The van der Waals surface area contributed by atoms with Crippen molar-refractivity contribution < 1.29 is 0 Å². The summed E-state index contributed by atoms with van der Waals surface area (Å²) in [7, 11) is 0. The van der Waals surface area contributed by atoms with Crippen LogP contribution in [0.4, 0.5) is 0 Å². The molecule has 0 unspecified atom stereocenters. The lowest BCUT2D eigenvalue weighted by molar-refractivity contribution is 0.908. The standard InChI is InChI=1S/C40H29N3/c1-2-38-42-36-17-9-10-18-37(36)43(38)29-21-19-28(20-22-29)39-32-13-5-7-15-34(32)40(35-16-8-6-14-33(35)39)31-12-4-3-11-30(31)27-23-25-41-26-24-27/h3-26H,2H2,1H3. The lowest BCUT2D eigenvalue weighted by atomic mass is 9.84. The Hall–Kier alpha value is -5.54. The molecule has 0 radical (unpaired) electrons. The fourth-order valence-corrected chi connectivity index (χ4v) is 6.59. The van der Waals surface area contributed by atoms with Crippen molar-refractivity contribution in [1.29, 1.82) is 0 Å². The van der Waals surface area contributed by atoms with E-state index in [1.54, 1.807) is 0 Å². The summed E-state index contributed by atoms with van der Waals surface area (Å²) in [6, 6.07) is 48.0. The summed E-state index contributed by atoms with van der Waals surface area (Å²) < 4.78 is 2.29. The maximum atomic E-state index is 4.90. The van der Waals surface area contributed by atoms with E-state index in [1.807, 2.05) is 12.4 Å². The number of aryl methyl sites for hydroxylation is 1. The SMILES string of the molecule is CCc1nc2ccccc2n1-c1ccc(-c2c3ccccc3c(-c3ccccc3-c3ccncc3)c3ccccc23)cc1. The van der Waals surface area contributed by atoms with Crippen molar-refractivity contribution in [2.45, 2.75) is 13.3 Å². The first-order chi connectivity index (χ1) is 21.3. The van der Waals surface area contributed by atoms with Crippen LogP contribution in [0, 0.1) is 0 Å². The molecule has 204 valence electrons. The summed E-state index contributed by atoms with van der Waals surface area (Å²) in [5.74, 6) is 1.07. The number of aromatic nitrogens is 3. The van der Waals surface area contributed by atoms with Crippen LogP contribution < -0.4 is 0 Å². The van der Waals surface area contributed by atoms with Gasteiger partial charge in [-0.25, -0.2) is 4.98 Å². The summed E-state index contributed by atoms with van der Waals surface area (Å²) in [6.45, 7) is 2.17. The van der Waals surface area contributed by atoms with Gasteiger partial charge in [0, 0.05) is 24.5 Å².